The molecule has 0 aliphatic heterocycles. The summed E-state index contributed by atoms with van der Waals surface area (Å²) in [5.41, 5.74) is 1.55. The van der Waals surface area contributed by atoms with E-state index < -0.39 is 5.97 Å². The Morgan fingerprint density at radius 2 is 1.48 bits per heavy atom. The zero-order valence-electron chi connectivity index (χ0n) is 14.4. The van der Waals surface area contributed by atoms with Gasteiger partial charge in [0.05, 0.1) is 5.52 Å². The lowest BCUT2D eigenvalue weighted by Gasteiger charge is -2.09. The Balaban J connectivity index is 1.80. The van der Waals surface area contributed by atoms with Crippen LogP contribution in [0.15, 0.2) is 89.7 Å². The first kappa shape index (κ1) is 16.7. The Morgan fingerprint density at radius 1 is 0.852 bits per heavy atom. The number of carbonyl (C=O) groups is 1. The highest BCUT2D eigenvalue weighted by atomic mass is 16.5. The van der Waals surface area contributed by atoms with E-state index in [2.05, 4.69) is 4.98 Å². The number of rotatable bonds is 4. The summed E-state index contributed by atoms with van der Waals surface area (Å²) in [6, 6.07) is 25.0. The third-order valence-electron chi connectivity index (χ3n) is 4.15. The Morgan fingerprint density at radius 3 is 2.22 bits per heavy atom. The van der Waals surface area contributed by atoms with Crippen molar-refractivity contribution in [1.29, 1.82) is 0 Å². The molecular weight excluding hydrogens is 340 g/mol. The van der Waals surface area contributed by atoms with Crippen molar-refractivity contribution in [2.45, 2.75) is 6.54 Å². The number of hydrogen-bond donors (Lipinski definition) is 0. The second kappa shape index (κ2) is 7.25. The molecule has 1 heterocycles. The number of benzene rings is 2. The van der Waals surface area contributed by atoms with E-state index in [1.165, 1.54) is 6.07 Å². The van der Waals surface area contributed by atoms with E-state index in [0.717, 1.165) is 5.56 Å². The SMILES string of the molecule is O=C(Cn1c(-c2ccccc2)nc2c(=O)ccccc21)Oc1ccccc1. The van der Waals surface area contributed by atoms with Gasteiger partial charge in [0.2, 0.25) is 5.43 Å². The van der Waals surface area contributed by atoms with Gasteiger partial charge in [-0.1, -0.05) is 60.7 Å². The highest BCUT2D eigenvalue weighted by molar-refractivity contribution is 5.83. The van der Waals surface area contributed by atoms with Gasteiger partial charge < -0.3 is 9.30 Å². The largest absolute Gasteiger partial charge is 0.425 e. The molecular formula is C22H16N2O3. The van der Waals surface area contributed by atoms with E-state index in [0.29, 0.717) is 22.6 Å². The summed E-state index contributed by atoms with van der Waals surface area (Å²) in [5.74, 6) is 0.596. The summed E-state index contributed by atoms with van der Waals surface area (Å²) in [4.78, 5) is 29.4. The minimum Gasteiger partial charge on any atom is -0.425 e. The number of fused-ring (bicyclic) bond motifs is 1. The fraction of sp³-hybridized carbons (Fsp3) is 0.0455. The van der Waals surface area contributed by atoms with Crippen molar-refractivity contribution in [2.24, 2.45) is 0 Å². The lowest BCUT2D eigenvalue weighted by molar-refractivity contribution is -0.134. The Bertz CT molecular complexity index is 1150. The topological polar surface area (TPSA) is 61.2 Å². The second-order valence-electron chi connectivity index (χ2n) is 5.99. The lowest BCUT2D eigenvalue weighted by Crippen LogP contribution is -2.17. The Hall–Kier alpha value is -3.73. The molecule has 0 radical (unpaired) electrons. The van der Waals surface area contributed by atoms with Crippen molar-refractivity contribution in [1.82, 2.24) is 9.55 Å². The number of hydrogen-bond acceptors (Lipinski definition) is 4. The summed E-state index contributed by atoms with van der Waals surface area (Å²) in [6.45, 7) is -0.0565. The third kappa shape index (κ3) is 3.48. The summed E-state index contributed by atoms with van der Waals surface area (Å²) >= 11 is 0. The van der Waals surface area contributed by atoms with Crippen LogP contribution in [0.2, 0.25) is 0 Å². The van der Waals surface area contributed by atoms with E-state index in [-0.39, 0.29) is 12.0 Å². The van der Waals surface area contributed by atoms with Gasteiger partial charge in [-0.25, -0.2) is 9.78 Å². The number of aromatic nitrogens is 2. The van der Waals surface area contributed by atoms with Crippen LogP contribution in [0.3, 0.4) is 0 Å². The molecule has 0 aliphatic rings. The molecule has 3 aromatic carbocycles. The zero-order valence-corrected chi connectivity index (χ0v) is 14.4. The summed E-state index contributed by atoms with van der Waals surface area (Å²) in [7, 11) is 0. The molecule has 27 heavy (non-hydrogen) atoms. The van der Waals surface area contributed by atoms with Crippen molar-refractivity contribution in [3.8, 4) is 17.1 Å². The smallest absolute Gasteiger partial charge is 0.331 e. The minimum absolute atomic E-state index is 0.0565. The fourth-order valence-electron chi connectivity index (χ4n) is 2.93. The van der Waals surface area contributed by atoms with Crippen LogP contribution < -0.4 is 10.2 Å². The predicted octanol–water partition coefficient (Wildman–Crippen LogP) is 3.67. The highest BCUT2D eigenvalue weighted by Gasteiger charge is 2.17. The van der Waals surface area contributed by atoms with Gasteiger partial charge in [0.15, 0.2) is 0 Å². The van der Waals surface area contributed by atoms with Gasteiger partial charge in [-0.05, 0) is 24.3 Å². The summed E-state index contributed by atoms with van der Waals surface area (Å²) in [5, 5.41) is 0. The van der Waals surface area contributed by atoms with Crippen molar-refractivity contribution in [3.05, 3.63) is 95.2 Å². The number of imidazole rings is 1. The van der Waals surface area contributed by atoms with E-state index in [4.69, 9.17) is 4.74 Å². The number of nitrogens with zero attached hydrogens (tertiary/aromatic N) is 2. The van der Waals surface area contributed by atoms with Gasteiger partial charge in [0, 0.05) is 5.56 Å². The van der Waals surface area contributed by atoms with Crippen molar-refractivity contribution < 1.29 is 9.53 Å². The quantitative estimate of drug-likeness (QED) is 0.413. The Kier molecular flexibility index (Phi) is 4.49. The van der Waals surface area contributed by atoms with Gasteiger partial charge in [-0.15, -0.1) is 0 Å². The van der Waals surface area contributed by atoms with Crippen molar-refractivity contribution in [2.75, 3.05) is 0 Å². The van der Waals surface area contributed by atoms with Crippen LogP contribution >= 0.6 is 0 Å². The van der Waals surface area contributed by atoms with E-state index in [1.807, 2.05) is 36.4 Å². The molecule has 0 atom stereocenters. The van der Waals surface area contributed by atoms with Crippen LogP contribution in [0.5, 0.6) is 5.75 Å². The first-order valence-electron chi connectivity index (χ1n) is 8.53. The van der Waals surface area contributed by atoms with Crippen molar-refractivity contribution >= 4 is 17.0 Å². The average Bonchev–Trinajstić information content (AvgIpc) is 2.94. The maximum absolute atomic E-state index is 12.5. The predicted molar refractivity (Wildman–Crippen MR) is 104 cm³/mol. The van der Waals surface area contributed by atoms with E-state index in [1.54, 1.807) is 47.0 Å². The van der Waals surface area contributed by atoms with Gasteiger partial charge in [-0.2, -0.15) is 0 Å². The van der Waals surface area contributed by atoms with Gasteiger partial charge in [0.25, 0.3) is 0 Å². The van der Waals surface area contributed by atoms with Crippen LogP contribution in [-0.4, -0.2) is 15.5 Å². The average molecular weight is 356 g/mol. The third-order valence-corrected chi connectivity index (χ3v) is 4.15. The van der Waals surface area contributed by atoms with Gasteiger partial charge in [0.1, 0.15) is 23.6 Å². The van der Waals surface area contributed by atoms with Crippen LogP contribution in [0, 0.1) is 0 Å². The number of para-hydroxylation sites is 1. The second-order valence-corrected chi connectivity index (χ2v) is 5.99. The molecule has 4 rings (SSSR count). The molecule has 0 amide bonds. The fourth-order valence-corrected chi connectivity index (χ4v) is 2.93. The molecule has 132 valence electrons. The van der Waals surface area contributed by atoms with Crippen LogP contribution in [-0.2, 0) is 11.3 Å². The molecule has 0 saturated heterocycles. The standard InChI is InChI=1S/C22H16N2O3/c25-19-14-8-7-13-18-21(19)23-22(16-9-3-1-4-10-16)24(18)15-20(26)27-17-11-5-2-6-12-17/h1-14H,15H2. The first-order chi connectivity index (χ1) is 13.2. The molecule has 0 bridgehead atoms. The van der Waals surface area contributed by atoms with E-state index >= 15 is 0 Å². The molecule has 0 unspecified atom stereocenters. The summed E-state index contributed by atoms with van der Waals surface area (Å²) < 4.78 is 7.14. The monoisotopic (exact) mass is 356 g/mol. The molecule has 0 N–H and O–H groups in total. The Labute approximate surface area is 155 Å². The highest BCUT2D eigenvalue weighted by Crippen LogP contribution is 2.23. The van der Waals surface area contributed by atoms with E-state index in [9.17, 15) is 9.59 Å². The number of esters is 1. The van der Waals surface area contributed by atoms with Gasteiger partial charge in [-0.3, -0.25) is 4.79 Å². The first-order valence-corrected chi connectivity index (χ1v) is 8.53. The zero-order chi connectivity index (χ0) is 18.6. The molecule has 0 fully saturated rings. The van der Waals surface area contributed by atoms with Gasteiger partial charge >= 0.3 is 5.97 Å². The maximum atomic E-state index is 12.5. The molecule has 1 aromatic heterocycles. The van der Waals surface area contributed by atoms with Crippen LogP contribution in [0.1, 0.15) is 0 Å². The summed E-state index contributed by atoms with van der Waals surface area (Å²) in [6.07, 6.45) is 0. The lowest BCUT2D eigenvalue weighted by atomic mass is 10.2. The number of carbonyl (C=O) groups excluding carboxylic acids is 1. The molecule has 4 aromatic rings. The normalized spacial score (nSPS) is 10.7. The van der Waals surface area contributed by atoms with Crippen molar-refractivity contribution in [3.63, 3.8) is 0 Å². The minimum atomic E-state index is -0.434. The molecule has 0 aliphatic carbocycles. The molecule has 5 heteroatoms. The maximum Gasteiger partial charge on any atom is 0.331 e. The van der Waals surface area contributed by atoms with Crippen LogP contribution in [0.25, 0.3) is 22.4 Å². The molecule has 0 saturated carbocycles. The number of ether oxygens (including phenoxy) is 1. The van der Waals surface area contributed by atoms with Crippen LogP contribution in [0.4, 0.5) is 0 Å². The molecule has 5 nitrogen and oxygen atoms in total. The molecule has 0 spiro atoms.